The van der Waals surface area contributed by atoms with Crippen LogP contribution in [-0.4, -0.2) is 0 Å². The largest absolute Gasteiger partial charge is 0.271 e. The first-order valence-corrected chi connectivity index (χ1v) is 5.80. The van der Waals surface area contributed by atoms with Crippen LogP contribution >= 0.6 is 0 Å². The Labute approximate surface area is 102 Å². The monoisotopic (exact) mass is 226 g/mol. The average molecular weight is 226 g/mol. The molecule has 2 heteroatoms. The van der Waals surface area contributed by atoms with E-state index in [0.717, 1.165) is 0 Å². The molecule has 17 heavy (non-hydrogen) atoms. The Morgan fingerprint density at radius 1 is 0.882 bits per heavy atom. The highest BCUT2D eigenvalue weighted by Gasteiger charge is 2.11. The lowest BCUT2D eigenvalue weighted by Crippen LogP contribution is -2.28. The van der Waals surface area contributed by atoms with Crippen LogP contribution in [0.4, 0.5) is 0 Å². The number of hydrogen-bond acceptors (Lipinski definition) is 2. The summed E-state index contributed by atoms with van der Waals surface area (Å²) < 4.78 is 0. The fourth-order valence-corrected chi connectivity index (χ4v) is 1.99. The zero-order valence-electron chi connectivity index (χ0n) is 10.3. The maximum atomic E-state index is 5.67. The summed E-state index contributed by atoms with van der Waals surface area (Å²) in [6.07, 6.45) is 0. The molecule has 3 N–H and O–H groups in total. The zero-order valence-corrected chi connectivity index (χ0v) is 10.3. The van der Waals surface area contributed by atoms with Crippen LogP contribution in [0.5, 0.6) is 0 Å². The summed E-state index contributed by atoms with van der Waals surface area (Å²) >= 11 is 0. The van der Waals surface area contributed by atoms with Crippen LogP contribution in [0.2, 0.25) is 0 Å². The van der Waals surface area contributed by atoms with E-state index in [4.69, 9.17) is 5.84 Å². The molecule has 0 radical (unpaired) electrons. The van der Waals surface area contributed by atoms with Gasteiger partial charge in [-0.3, -0.25) is 5.84 Å². The molecule has 0 aliphatic rings. The molecule has 0 fully saturated rings. The van der Waals surface area contributed by atoms with Gasteiger partial charge in [0.25, 0.3) is 0 Å². The van der Waals surface area contributed by atoms with E-state index in [9.17, 15) is 0 Å². The molecule has 0 heterocycles. The fraction of sp³-hybridized carbons (Fsp3) is 0.200. The SMILES string of the molecule is Cc1ccc([C@H](NN)c2cccc(C)c2)cc1. The van der Waals surface area contributed by atoms with Gasteiger partial charge in [-0.15, -0.1) is 0 Å². The highest BCUT2D eigenvalue weighted by Crippen LogP contribution is 2.22. The summed E-state index contributed by atoms with van der Waals surface area (Å²) in [5, 5.41) is 0. The maximum Gasteiger partial charge on any atom is 0.0710 e. The van der Waals surface area contributed by atoms with Crippen LogP contribution in [-0.2, 0) is 0 Å². The van der Waals surface area contributed by atoms with E-state index >= 15 is 0 Å². The number of benzene rings is 2. The Morgan fingerprint density at radius 3 is 2.18 bits per heavy atom. The Balaban J connectivity index is 2.36. The van der Waals surface area contributed by atoms with E-state index < -0.39 is 0 Å². The number of hydrazine groups is 1. The van der Waals surface area contributed by atoms with Crippen molar-refractivity contribution in [3.05, 3.63) is 70.8 Å². The van der Waals surface area contributed by atoms with E-state index in [0.29, 0.717) is 0 Å². The number of nitrogens with one attached hydrogen (secondary N) is 1. The number of nitrogens with two attached hydrogens (primary N) is 1. The molecular weight excluding hydrogens is 208 g/mol. The number of rotatable bonds is 3. The van der Waals surface area contributed by atoms with Crippen molar-refractivity contribution in [2.24, 2.45) is 5.84 Å². The summed E-state index contributed by atoms with van der Waals surface area (Å²) in [6, 6.07) is 16.9. The lowest BCUT2D eigenvalue weighted by molar-refractivity contribution is 0.636. The van der Waals surface area contributed by atoms with Crippen molar-refractivity contribution >= 4 is 0 Å². The van der Waals surface area contributed by atoms with E-state index in [1.807, 2.05) is 0 Å². The van der Waals surface area contributed by atoms with E-state index in [1.165, 1.54) is 22.3 Å². The third-order valence-corrected chi connectivity index (χ3v) is 2.95. The van der Waals surface area contributed by atoms with Gasteiger partial charge in [0.2, 0.25) is 0 Å². The van der Waals surface area contributed by atoms with Crippen molar-refractivity contribution in [2.75, 3.05) is 0 Å². The quantitative estimate of drug-likeness (QED) is 0.624. The summed E-state index contributed by atoms with van der Waals surface area (Å²) in [5.41, 5.74) is 7.76. The molecule has 0 saturated carbocycles. The molecule has 2 nitrogen and oxygen atoms in total. The van der Waals surface area contributed by atoms with Crippen LogP contribution in [0.15, 0.2) is 48.5 Å². The van der Waals surface area contributed by atoms with E-state index in [-0.39, 0.29) is 6.04 Å². The zero-order chi connectivity index (χ0) is 12.3. The van der Waals surface area contributed by atoms with E-state index in [1.54, 1.807) is 0 Å². The van der Waals surface area contributed by atoms with Crippen LogP contribution in [0, 0.1) is 13.8 Å². The fourth-order valence-electron chi connectivity index (χ4n) is 1.99. The maximum absolute atomic E-state index is 5.67. The number of aryl methyl sites for hydroxylation is 2. The van der Waals surface area contributed by atoms with E-state index in [2.05, 4.69) is 67.8 Å². The van der Waals surface area contributed by atoms with Gasteiger partial charge in [0, 0.05) is 0 Å². The average Bonchev–Trinajstić information content (AvgIpc) is 2.33. The topological polar surface area (TPSA) is 38.0 Å². The predicted octanol–water partition coefficient (Wildman–Crippen LogP) is 2.86. The minimum atomic E-state index is 0.0514. The minimum absolute atomic E-state index is 0.0514. The first-order valence-electron chi connectivity index (χ1n) is 5.80. The van der Waals surface area contributed by atoms with Crippen molar-refractivity contribution in [2.45, 2.75) is 19.9 Å². The molecule has 0 amide bonds. The molecule has 2 rings (SSSR count). The lowest BCUT2D eigenvalue weighted by atomic mass is 9.97. The Morgan fingerprint density at radius 2 is 1.59 bits per heavy atom. The second-order valence-corrected chi connectivity index (χ2v) is 4.42. The summed E-state index contributed by atoms with van der Waals surface area (Å²) in [7, 11) is 0. The van der Waals surface area contributed by atoms with Gasteiger partial charge in [0.15, 0.2) is 0 Å². The predicted molar refractivity (Wildman–Crippen MR) is 71.5 cm³/mol. The molecule has 0 aliphatic heterocycles. The lowest BCUT2D eigenvalue weighted by Gasteiger charge is -2.17. The first kappa shape index (κ1) is 11.8. The highest BCUT2D eigenvalue weighted by atomic mass is 15.2. The molecule has 0 aliphatic carbocycles. The van der Waals surface area contributed by atoms with Crippen molar-refractivity contribution in [3.63, 3.8) is 0 Å². The molecule has 2 aromatic carbocycles. The molecule has 0 unspecified atom stereocenters. The molecule has 0 spiro atoms. The van der Waals surface area contributed by atoms with Gasteiger partial charge >= 0.3 is 0 Å². The summed E-state index contributed by atoms with van der Waals surface area (Å²) in [6.45, 7) is 4.17. The van der Waals surface area contributed by atoms with Gasteiger partial charge in [-0.25, -0.2) is 5.43 Å². The standard InChI is InChI=1S/C15H18N2/c1-11-6-8-13(9-7-11)15(17-16)14-5-3-4-12(2)10-14/h3-10,15,17H,16H2,1-2H3/t15-/m0/s1. The van der Waals surface area contributed by atoms with Gasteiger partial charge in [-0.1, -0.05) is 59.7 Å². The normalized spacial score (nSPS) is 12.4. The molecule has 0 aromatic heterocycles. The first-order chi connectivity index (χ1) is 8.20. The molecule has 1 atom stereocenters. The number of hydrogen-bond donors (Lipinski definition) is 2. The van der Waals surface area contributed by atoms with Crippen LogP contribution < -0.4 is 11.3 Å². The van der Waals surface area contributed by atoms with Crippen molar-refractivity contribution in [1.82, 2.24) is 5.43 Å². The molecule has 0 bridgehead atoms. The van der Waals surface area contributed by atoms with Crippen LogP contribution in [0.25, 0.3) is 0 Å². The van der Waals surface area contributed by atoms with Gasteiger partial charge in [0.05, 0.1) is 6.04 Å². The summed E-state index contributed by atoms with van der Waals surface area (Å²) in [5.74, 6) is 5.67. The smallest absolute Gasteiger partial charge is 0.0710 e. The minimum Gasteiger partial charge on any atom is -0.271 e. The highest BCUT2D eigenvalue weighted by molar-refractivity contribution is 5.34. The van der Waals surface area contributed by atoms with Crippen molar-refractivity contribution < 1.29 is 0 Å². The Bertz CT molecular complexity index is 489. The van der Waals surface area contributed by atoms with Gasteiger partial charge in [-0.2, -0.15) is 0 Å². The van der Waals surface area contributed by atoms with Crippen molar-refractivity contribution in [1.29, 1.82) is 0 Å². The summed E-state index contributed by atoms with van der Waals surface area (Å²) in [4.78, 5) is 0. The van der Waals surface area contributed by atoms with Crippen LogP contribution in [0.1, 0.15) is 28.3 Å². The second kappa shape index (κ2) is 5.13. The third-order valence-electron chi connectivity index (χ3n) is 2.95. The Kier molecular flexibility index (Phi) is 3.57. The second-order valence-electron chi connectivity index (χ2n) is 4.42. The Hall–Kier alpha value is -1.64. The molecule has 0 saturated heterocycles. The molecular formula is C15H18N2. The third kappa shape index (κ3) is 2.73. The molecule has 88 valence electrons. The van der Waals surface area contributed by atoms with Gasteiger partial charge in [-0.05, 0) is 25.0 Å². The van der Waals surface area contributed by atoms with Crippen LogP contribution in [0.3, 0.4) is 0 Å². The molecule has 2 aromatic rings. The van der Waals surface area contributed by atoms with Gasteiger partial charge in [0.1, 0.15) is 0 Å². The van der Waals surface area contributed by atoms with Crippen molar-refractivity contribution in [3.8, 4) is 0 Å². The van der Waals surface area contributed by atoms with Gasteiger partial charge < -0.3 is 0 Å².